The van der Waals surface area contributed by atoms with Crippen molar-refractivity contribution in [3.8, 4) is 11.5 Å². The minimum Gasteiger partial charge on any atom is -0.493 e. The summed E-state index contributed by atoms with van der Waals surface area (Å²) in [5.74, 6) is 1.35. The molecule has 21 heavy (non-hydrogen) atoms. The number of benzene rings is 1. The van der Waals surface area contributed by atoms with Crippen molar-refractivity contribution in [2.24, 2.45) is 0 Å². The fourth-order valence-electron chi connectivity index (χ4n) is 2.46. The molecular weight excluding hydrogens is 266 g/mol. The van der Waals surface area contributed by atoms with Gasteiger partial charge in [-0.25, -0.2) is 0 Å². The normalized spacial score (nSPS) is 15.6. The number of ether oxygens (including phenoxy) is 2. The second kappa shape index (κ2) is 8.70. The number of hydrogen-bond donors (Lipinski definition) is 2. The Morgan fingerprint density at radius 1 is 1.29 bits per heavy atom. The third-order valence-electron chi connectivity index (χ3n) is 3.64. The van der Waals surface area contributed by atoms with E-state index in [-0.39, 0.29) is 6.61 Å². The number of hydrogen-bond acceptors (Lipinski definition) is 4. The fourth-order valence-corrected chi connectivity index (χ4v) is 2.46. The van der Waals surface area contributed by atoms with Crippen molar-refractivity contribution in [2.75, 3.05) is 26.8 Å². The Bertz CT molecular complexity index is 459. The van der Waals surface area contributed by atoms with Gasteiger partial charge in [0.2, 0.25) is 0 Å². The maximum Gasteiger partial charge on any atom is 0.161 e. The van der Waals surface area contributed by atoms with Crippen LogP contribution in [0.4, 0.5) is 0 Å². The van der Waals surface area contributed by atoms with Crippen molar-refractivity contribution >= 4 is 0 Å². The van der Waals surface area contributed by atoms with Crippen LogP contribution in [0, 0.1) is 0 Å². The highest BCUT2D eigenvalue weighted by Crippen LogP contribution is 2.25. The molecule has 1 aliphatic carbocycles. The highest BCUT2D eigenvalue weighted by molar-refractivity contribution is 5.39. The summed E-state index contributed by atoms with van der Waals surface area (Å²) in [7, 11) is 1.61. The number of allylic oxidation sites excluding steroid dienone is 1. The maximum atomic E-state index is 9.92. The van der Waals surface area contributed by atoms with Crippen LogP contribution in [0.1, 0.15) is 25.7 Å². The van der Waals surface area contributed by atoms with Crippen molar-refractivity contribution in [1.29, 1.82) is 0 Å². The predicted molar refractivity (Wildman–Crippen MR) is 83.9 cm³/mol. The number of nitrogens with one attached hydrogen (secondary N) is 1. The first kappa shape index (κ1) is 15.9. The van der Waals surface area contributed by atoms with Crippen molar-refractivity contribution in [2.45, 2.75) is 31.8 Å². The van der Waals surface area contributed by atoms with E-state index in [1.165, 1.54) is 19.3 Å². The van der Waals surface area contributed by atoms with Crippen LogP contribution in [-0.4, -0.2) is 38.0 Å². The quantitative estimate of drug-likeness (QED) is 0.542. The zero-order chi connectivity index (χ0) is 14.9. The first-order valence-corrected chi connectivity index (χ1v) is 7.62. The van der Waals surface area contributed by atoms with E-state index in [1.54, 1.807) is 12.7 Å². The van der Waals surface area contributed by atoms with Gasteiger partial charge < -0.3 is 19.9 Å². The van der Waals surface area contributed by atoms with Gasteiger partial charge in [-0.05, 0) is 44.4 Å². The van der Waals surface area contributed by atoms with Crippen molar-refractivity contribution < 1.29 is 14.6 Å². The fraction of sp³-hybridized carbons (Fsp3) is 0.529. The van der Waals surface area contributed by atoms with Gasteiger partial charge in [-0.2, -0.15) is 0 Å². The lowest BCUT2D eigenvalue weighted by atomic mass is 10.2. The molecule has 116 valence electrons. The molecular formula is C17H25NO3. The maximum absolute atomic E-state index is 9.92. The van der Waals surface area contributed by atoms with Gasteiger partial charge in [0.25, 0.3) is 0 Å². The van der Waals surface area contributed by atoms with Gasteiger partial charge >= 0.3 is 0 Å². The molecule has 0 aromatic heterocycles. The van der Waals surface area contributed by atoms with E-state index in [0.717, 1.165) is 13.0 Å². The van der Waals surface area contributed by atoms with Crippen LogP contribution in [-0.2, 0) is 0 Å². The van der Waals surface area contributed by atoms with Crippen molar-refractivity contribution in [3.63, 3.8) is 0 Å². The molecule has 0 aliphatic heterocycles. The molecule has 0 bridgehead atoms. The Morgan fingerprint density at radius 3 is 2.81 bits per heavy atom. The average molecular weight is 291 g/mol. The molecule has 4 heteroatoms. The summed E-state index contributed by atoms with van der Waals surface area (Å²) in [5.41, 5.74) is 1.54. The van der Waals surface area contributed by atoms with Gasteiger partial charge in [0.05, 0.1) is 7.11 Å². The molecule has 0 heterocycles. The summed E-state index contributed by atoms with van der Waals surface area (Å²) < 4.78 is 10.8. The van der Waals surface area contributed by atoms with E-state index in [1.807, 2.05) is 24.3 Å². The van der Waals surface area contributed by atoms with Crippen LogP contribution in [0.2, 0.25) is 0 Å². The van der Waals surface area contributed by atoms with E-state index >= 15 is 0 Å². The molecule has 2 rings (SSSR count). The molecule has 2 N–H and O–H groups in total. The van der Waals surface area contributed by atoms with E-state index in [2.05, 4.69) is 11.4 Å². The second-order valence-corrected chi connectivity index (χ2v) is 5.32. The molecule has 0 saturated carbocycles. The van der Waals surface area contributed by atoms with Crippen LogP contribution >= 0.6 is 0 Å². The zero-order valence-electron chi connectivity index (χ0n) is 12.7. The summed E-state index contributed by atoms with van der Waals surface area (Å²) >= 11 is 0. The molecule has 1 aromatic rings. The lowest BCUT2D eigenvalue weighted by Crippen LogP contribution is -2.32. The molecule has 1 aromatic carbocycles. The molecule has 0 saturated heterocycles. The van der Waals surface area contributed by atoms with Crippen LogP contribution in [0.15, 0.2) is 35.9 Å². The molecule has 4 nitrogen and oxygen atoms in total. The van der Waals surface area contributed by atoms with E-state index < -0.39 is 6.10 Å². The Labute approximate surface area is 126 Å². The van der Waals surface area contributed by atoms with Crippen LogP contribution in [0.5, 0.6) is 11.5 Å². The van der Waals surface area contributed by atoms with E-state index in [0.29, 0.717) is 18.0 Å². The lowest BCUT2D eigenvalue weighted by Gasteiger charge is -2.15. The topological polar surface area (TPSA) is 50.7 Å². The minimum absolute atomic E-state index is 0.260. The standard InChI is InChI=1S/C17H25NO3/c1-20-16-8-4-5-9-17(16)21-13-15(19)12-18-11-10-14-6-2-3-7-14/h4-6,8-9,15,18-19H,2-3,7,10-13H2,1H3. The van der Waals surface area contributed by atoms with E-state index in [9.17, 15) is 5.11 Å². The molecule has 1 aliphatic rings. The summed E-state index contributed by atoms with van der Waals surface area (Å²) in [6.07, 6.45) is 6.66. The van der Waals surface area contributed by atoms with Crippen molar-refractivity contribution in [3.05, 3.63) is 35.9 Å². The van der Waals surface area contributed by atoms with Crippen LogP contribution in [0.3, 0.4) is 0 Å². The number of rotatable bonds is 9. The van der Waals surface area contributed by atoms with Gasteiger partial charge in [-0.15, -0.1) is 0 Å². The Balaban J connectivity index is 1.61. The van der Waals surface area contributed by atoms with Gasteiger partial charge in [0, 0.05) is 6.54 Å². The summed E-state index contributed by atoms with van der Waals surface area (Å²) in [6.45, 7) is 1.72. The zero-order valence-corrected chi connectivity index (χ0v) is 12.7. The highest BCUT2D eigenvalue weighted by atomic mass is 16.5. The Kier molecular flexibility index (Phi) is 6.57. The smallest absolute Gasteiger partial charge is 0.161 e. The van der Waals surface area contributed by atoms with Crippen molar-refractivity contribution in [1.82, 2.24) is 5.32 Å². The third-order valence-corrected chi connectivity index (χ3v) is 3.64. The molecule has 1 unspecified atom stereocenters. The van der Waals surface area contributed by atoms with Gasteiger partial charge in [-0.3, -0.25) is 0 Å². The average Bonchev–Trinajstić information content (AvgIpc) is 3.03. The molecule has 0 radical (unpaired) electrons. The third kappa shape index (κ3) is 5.40. The summed E-state index contributed by atoms with van der Waals surface area (Å²) in [6, 6.07) is 7.46. The van der Waals surface area contributed by atoms with Gasteiger partial charge in [0.15, 0.2) is 11.5 Å². The molecule has 0 spiro atoms. The Hall–Kier alpha value is -1.52. The van der Waals surface area contributed by atoms with Crippen LogP contribution < -0.4 is 14.8 Å². The lowest BCUT2D eigenvalue weighted by molar-refractivity contribution is 0.105. The largest absolute Gasteiger partial charge is 0.493 e. The second-order valence-electron chi connectivity index (χ2n) is 5.32. The SMILES string of the molecule is COc1ccccc1OCC(O)CNCCC1=CCCC1. The first-order chi connectivity index (χ1) is 10.3. The first-order valence-electron chi connectivity index (χ1n) is 7.62. The molecule has 0 fully saturated rings. The minimum atomic E-state index is -0.521. The molecule has 0 amide bonds. The van der Waals surface area contributed by atoms with Crippen LogP contribution in [0.25, 0.3) is 0 Å². The Morgan fingerprint density at radius 2 is 2.10 bits per heavy atom. The monoisotopic (exact) mass is 291 g/mol. The van der Waals surface area contributed by atoms with E-state index in [4.69, 9.17) is 9.47 Å². The summed E-state index contributed by atoms with van der Waals surface area (Å²) in [4.78, 5) is 0. The number of para-hydroxylation sites is 2. The highest BCUT2D eigenvalue weighted by Gasteiger charge is 2.08. The van der Waals surface area contributed by atoms with Gasteiger partial charge in [0.1, 0.15) is 12.7 Å². The number of aliphatic hydroxyl groups excluding tert-OH is 1. The summed E-state index contributed by atoms with van der Waals surface area (Å²) in [5, 5.41) is 13.2. The van der Waals surface area contributed by atoms with Gasteiger partial charge in [-0.1, -0.05) is 23.8 Å². The molecule has 1 atom stereocenters. The predicted octanol–water partition coefficient (Wildman–Crippen LogP) is 2.52. The number of aliphatic hydroxyl groups is 1. The number of methoxy groups -OCH3 is 1.